The SMILES string of the molecule is CCc1ccc(CN2C(=O)NC(c3ccccc3)C(c3nc(-c4ccc(F)cc4)no3)=C2C)cc1. The molecule has 5 rings (SSSR count). The lowest BCUT2D eigenvalue weighted by Gasteiger charge is -2.35. The summed E-state index contributed by atoms with van der Waals surface area (Å²) in [4.78, 5) is 19.5. The van der Waals surface area contributed by atoms with Crippen LogP contribution < -0.4 is 5.32 Å². The van der Waals surface area contributed by atoms with Gasteiger partial charge in [-0.05, 0) is 54.3 Å². The first kappa shape index (κ1) is 22.5. The molecule has 35 heavy (non-hydrogen) atoms. The zero-order valence-electron chi connectivity index (χ0n) is 19.5. The van der Waals surface area contributed by atoms with Crippen LogP contribution in [-0.4, -0.2) is 21.1 Å². The van der Waals surface area contributed by atoms with Crippen molar-refractivity contribution in [2.75, 3.05) is 0 Å². The van der Waals surface area contributed by atoms with Gasteiger partial charge in [-0.25, -0.2) is 9.18 Å². The molecule has 0 radical (unpaired) electrons. The van der Waals surface area contributed by atoms with Crippen LogP contribution in [0.5, 0.6) is 0 Å². The quantitative estimate of drug-likeness (QED) is 0.369. The van der Waals surface area contributed by atoms with Gasteiger partial charge in [0, 0.05) is 11.3 Å². The van der Waals surface area contributed by atoms with Crippen molar-refractivity contribution >= 4 is 11.6 Å². The highest BCUT2D eigenvalue weighted by Gasteiger charge is 2.35. The zero-order valence-corrected chi connectivity index (χ0v) is 19.5. The van der Waals surface area contributed by atoms with Gasteiger partial charge in [0.25, 0.3) is 5.89 Å². The number of carbonyl (C=O) groups excluding carboxylic acids is 1. The van der Waals surface area contributed by atoms with E-state index in [0.717, 1.165) is 28.8 Å². The zero-order chi connectivity index (χ0) is 24.4. The molecule has 0 bridgehead atoms. The topological polar surface area (TPSA) is 71.3 Å². The molecule has 1 aromatic heterocycles. The summed E-state index contributed by atoms with van der Waals surface area (Å²) in [5.41, 5.74) is 5.27. The highest BCUT2D eigenvalue weighted by atomic mass is 19.1. The first-order chi connectivity index (χ1) is 17.0. The van der Waals surface area contributed by atoms with E-state index in [9.17, 15) is 9.18 Å². The van der Waals surface area contributed by atoms with Crippen molar-refractivity contribution in [3.05, 3.63) is 113 Å². The summed E-state index contributed by atoms with van der Waals surface area (Å²) in [5, 5.41) is 7.24. The summed E-state index contributed by atoms with van der Waals surface area (Å²) in [5.74, 6) is 0.325. The Balaban J connectivity index is 1.56. The molecule has 2 amide bonds. The van der Waals surface area contributed by atoms with Crippen molar-refractivity contribution < 1.29 is 13.7 Å². The molecule has 1 unspecified atom stereocenters. The van der Waals surface area contributed by atoms with E-state index in [2.05, 4.69) is 34.5 Å². The van der Waals surface area contributed by atoms with Crippen LogP contribution in [-0.2, 0) is 13.0 Å². The second-order valence-electron chi connectivity index (χ2n) is 8.48. The lowest BCUT2D eigenvalue weighted by molar-refractivity contribution is 0.203. The van der Waals surface area contributed by atoms with Crippen molar-refractivity contribution in [1.82, 2.24) is 20.4 Å². The van der Waals surface area contributed by atoms with Gasteiger partial charge in [-0.2, -0.15) is 4.98 Å². The van der Waals surface area contributed by atoms with Gasteiger partial charge in [-0.15, -0.1) is 0 Å². The summed E-state index contributed by atoms with van der Waals surface area (Å²) < 4.78 is 19.1. The number of nitrogens with one attached hydrogen (secondary N) is 1. The van der Waals surface area contributed by atoms with Crippen molar-refractivity contribution in [1.29, 1.82) is 0 Å². The number of allylic oxidation sites excluding steroid dienone is 1. The van der Waals surface area contributed by atoms with Gasteiger partial charge in [0.2, 0.25) is 5.82 Å². The molecule has 0 spiro atoms. The van der Waals surface area contributed by atoms with E-state index in [1.807, 2.05) is 49.4 Å². The largest absolute Gasteiger partial charge is 0.334 e. The van der Waals surface area contributed by atoms with E-state index >= 15 is 0 Å². The maximum atomic E-state index is 13.4. The molecule has 176 valence electrons. The van der Waals surface area contributed by atoms with Crippen LogP contribution in [0.25, 0.3) is 17.0 Å². The first-order valence-corrected chi connectivity index (χ1v) is 11.5. The van der Waals surface area contributed by atoms with E-state index < -0.39 is 6.04 Å². The Bertz CT molecular complexity index is 1360. The molecule has 7 heteroatoms. The highest BCUT2D eigenvalue weighted by molar-refractivity contribution is 5.86. The Morgan fingerprint density at radius 1 is 0.971 bits per heavy atom. The molecule has 1 N–H and O–H groups in total. The van der Waals surface area contributed by atoms with Crippen LogP contribution in [0.3, 0.4) is 0 Å². The second-order valence-corrected chi connectivity index (χ2v) is 8.48. The Labute approximate surface area is 203 Å². The van der Waals surface area contributed by atoms with Crippen LogP contribution in [0.15, 0.2) is 89.1 Å². The third-order valence-corrected chi connectivity index (χ3v) is 6.26. The molecular formula is C28H25FN4O2. The maximum absolute atomic E-state index is 13.4. The van der Waals surface area contributed by atoms with E-state index in [0.29, 0.717) is 23.8 Å². The molecule has 2 heterocycles. The van der Waals surface area contributed by atoms with Crippen LogP contribution in [0.4, 0.5) is 9.18 Å². The highest BCUT2D eigenvalue weighted by Crippen LogP contribution is 2.37. The molecule has 1 aliphatic heterocycles. The molecule has 3 aromatic carbocycles. The monoisotopic (exact) mass is 468 g/mol. The third kappa shape index (κ3) is 4.57. The molecule has 1 atom stereocenters. The summed E-state index contributed by atoms with van der Waals surface area (Å²) in [6, 6.07) is 23.2. The van der Waals surface area contributed by atoms with Crippen LogP contribution >= 0.6 is 0 Å². The van der Waals surface area contributed by atoms with E-state index in [1.165, 1.54) is 17.7 Å². The third-order valence-electron chi connectivity index (χ3n) is 6.26. The predicted octanol–water partition coefficient (Wildman–Crippen LogP) is 6.14. The average molecular weight is 469 g/mol. The number of aryl methyl sites for hydroxylation is 1. The number of benzene rings is 3. The summed E-state index contributed by atoms with van der Waals surface area (Å²) in [6.45, 7) is 4.42. The number of nitrogens with zero attached hydrogens (tertiary/aromatic N) is 3. The lowest BCUT2D eigenvalue weighted by atomic mass is 9.94. The van der Waals surface area contributed by atoms with E-state index in [-0.39, 0.29) is 11.8 Å². The van der Waals surface area contributed by atoms with Crippen LogP contribution in [0, 0.1) is 5.82 Å². The molecule has 0 aliphatic carbocycles. The predicted molar refractivity (Wildman–Crippen MR) is 131 cm³/mol. The summed E-state index contributed by atoms with van der Waals surface area (Å²) >= 11 is 0. The molecule has 0 saturated carbocycles. The second kappa shape index (κ2) is 9.54. The summed E-state index contributed by atoms with van der Waals surface area (Å²) in [7, 11) is 0. The first-order valence-electron chi connectivity index (χ1n) is 11.5. The fourth-order valence-corrected chi connectivity index (χ4v) is 4.26. The van der Waals surface area contributed by atoms with E-state index in [4.69, 9.17) is 4.52 Å². The minimum atomic E-state index is -0.455. The van der Waals surface area contributed by atoms with Gasteiger partial charge < -0.3 is 9.84 Å². The van der Waals surface area contributed by atoms with Crippen LogP contribution in [0.1, 0.15) is 42.5 Å². The van der Waals surface area contributed by atoms with Crippen LogP contribution in [0.2, 0.25) is 0 Å². The fraction of sp³-hybridized carbons (Fsp3) is 0.179. The summed E-state index contributed by atoms with van der Waals surface area (Å²) in [6.07, 6.45) is 0.958. The lowest BCUT2D eigenvalue weighted by Crippen LogP contribution is -2.45. The molecule has 4 aromatic rings. The Morgan fingerprint density at radius 2 is 1.66 bits per heavy atom. The number of rotatable bonds is 6. The van der Waals surface area contributed by atoms with Gasteiger partial charge in [0.05, 0.1) is 18.2 Å². The van der Waals surface area contributed by atoms with Crippen molar-refractivity contribution in [3.63, 3.8) is 0 Å². The van der Waals surface area contributed by atoms with Gasteiger partial charge in [0.1, 0.15) is 5.82 Å². The van der Waals surface area contributed by atoms with E-state index in [1.54, 1.807) is 17.0 Å². The number of halogens is 1. The molecular weight excluding hydrogens is 443 g/mol. The van der Waals surface area contributed by atoms with Crippen molar-refractivity contribution in [2.24, 2.45) is 0 Å². The molecule has 1 aliphatic rings. The van der Waals surface area contributed by atoms with Gasteiger partial charge in [0.15, 0.2) is 0 Å². The Hall–Kier alpha value is -4.26. The van der Waals surface area contributed by atoms with Crippen molar-refractivity contribution in [3.8, 4) is 11.4 Å². The average Bonchev–Trinajstić information content (AvgIpc) is 3.37. The number of carbonyl (C=O) groups is 1. The Morgan fingerprint density at radius 3 is 2.34 bits per heavy atom. The molecule has 0 fully saturated rings. The number of hydrogen-bond acceptors (Lipinski definition) is 4. The van der Waals surface area contributed by atoms with Gasteiger partial charge in [-0.1, -0.05) is 66.7 Å². The minimum Gasteiger partial charge on any atom is -0.334 e. The number of aromatic nitrogens is 2. The molecule has 0 saturated heterocycles. The maximum Gasteiger partial charge on any atom is 0.322 e. The fourth-order valence-electron chi connectivity index (χ4n) is 4.26. The van der Waals surface area contributed by atoms with Crippen molar-refractivity contribution in [2.45, 2.75) is 32.9 Å². The number of urea groups is 1. The number of hydrogen-bond donors (Lipinski definition) is 1. The van der Waals surface area contributed by atoms with Gasteiger partial charge >= 0.3 is 6.03 Å². The number of amides is 2. The standard InChI is InChI=1S/C28H25FN4O2/c1-3-19-9-11-20(12-10-19)17-33-18(2)24(25(30-28(33)34)21-7-5-4-6-8-21)27-31-26(32-35-27)22-13-15-23(29)16-14-22/h4-16,25H,3,17H2,1-2H3,(H,30,34). The smallest absolute Gasteiger partial charge is 0.322 e. The Kier molecular flexibility index (Phi) is 6.14. The molecule has 6 nitrogen and oxygen atoms in total. The van der Waals surface area contributed by atoms with Gasteiger partial charge in [-0.3, -0.25) is 4.90 Å². The minimum absolute atomic E-state index is 0.196. The normalized spacial score (nSPS) is 15.9.